The highest BCUT2D eigenvalue weighted by Crippen LogP contribution is 2.29. The van der Waals surface area contributed by atoms with Crippen molar-refractivity contribution in [2.24, 2.45) is 0 Å². The Kier molecular flexibility index (Phi) is 5.70. The Hall–Kier alpha value is -1.81. The number of ether oxygens (including phenoxy) is 2. The molecule has 0 unspecified atom stereocenters. The molecule has 128 valence electrons. The molecule has 0 saturated heterocycles. The van der Waals surface area contributed by atoms with Gasteiger partial charge in [0.15, 0.2) is 0 Å². The van der Waals surface area contributed by atoms with Crippen molar-refractivity contribution in [1.29, 1.82) is 0 Å². The molecule has 0 heterocycles. The number of carbonyl (C=O) groups is 1. The van der Waals surface area contributed by atoms with Crippen molar-refractivity contribution in [3.8, 4) is 11.5 Å². The quantitative estimate of drug-likeness (QED) is 0.497. The minimum atomic E-state index is -0.425. The number of halogens is 1. The third-order valence-electron chi connectivity index (χ3n) is 3.70. The van der Waals surface area contributed by atoms with Gasteiger partial charge < -0.3 is 9.47 Å². The Morgan fingerprint density at radius 3 is 2.33 bits per heavy atom. The van der Waals surface area contributed by atoms with Crippen LogP contribution in [0.3, 0.4) is 0 Å². The molecule has 0 saturated carbocycles. The summed E-state index contributed by atoms with van der Waals surface area (Å²) in [7, 11) is 0. The normalized spacial score (nSPS) is 11.2. The van der Waals surface area contributed by atoms with Gasteiger partial charge in [0.2, 0.25) is 0 Å². The molecule has 0 N–H and O–H groups in total. The molecule has 2 rings (SSSR count). The highest BCUT2D eigenvalue weighted by atomic mass is 79.9. The first kappa shape index (κ1) is 18.5. The van der Waals surface area contributed by atoms with Crippen molar-refractivity contribution in [2.45, 2.75) is 40.0 Å². The molecule has 0 spiro atoms. The van der Waals surface area contributed by atoms with Crippen LogP contribution in [0, 0.1) is 6.92 Å². The van der Waals surface area contributed by atoms with Crippen LogP contribution in [0.5, 0.6) is 11.5 Å². The summed E-state index contributed by atoms with van der Waals surface area (Å²) in [6.07, 6.45) is 0. The second-order valence-electron chi connectivity index (χ2n) is 6.69. The van der Waals surface area contributed by atoms with Gasteiger partial charge in [-0.15, -0.1) is 0 Å². The van der Waals surface area contributed by atoms with Gasteiger partial charge in [0.05, 0.1) is 6.61 Å². The molecule has 0 aliphatic rings. The lowest BCUT2D eigenvalue weighted by atomic mass is 9.86. The largest absolute Gasteiger partial charge is 0.493 e. The maximum Gasteiger partial charge on any atom is 0.347 e. The average Bonchev–Trinajstić information content (AvgIpc) is 2.50. The van der Waals surface area contributed by atoms with Gasteiger partial charge in [-0.25, -0.2) is 4.79 Å². The third-order valence-corrected chi connectivity index (χ3v) is 4.20. The van der Waals surface area contributed by atoms with Gasteiger partial charge in [-0.1, -0.05) is 48.8 Å². The topological polar surface area (TPSA) is 35.5 Å². The molecule has 0 radical (unpaired) electrons. The predicted molar refractivity (Wildman–Crippen MR) is 100 cm³/mol. The summed E-state index contributed by atoms with van der Waals surface area (Å²) in [5, 5.41) is 0. The van der Waals surface area contributed by atoms with Crippen LogP contribution in [0.1, 0.15) is 49.2 Å². The van der Waals surface area contributed by atoms with Crippen LogP contribution in [0.15, 0.2) is 40.9 Å². The van der Waals surface area contributed by atoms with Crippen molar-refractivity contribution >= 4 is 21.9 Å². The summed E-state index contributed by atoms with van der Waals surface area (Å²) in [5.74, 6) is 0.663. The van der Waals surface area contributed by atoms with Crippen LogP contribution >= 0.6 is 15.9 Å². The summed E-state index contributed by atoms with van der Waals surface area (Å²) in [5.41, 5.74) is 2.60. The number of benzene rings is 2. The lowest BCUT2D eigenvalue weighted by Gasteiger charge is -2.20. The van der Waals surface area contributed by atoms with Crippen molar-refractivity contribution in [3.05, 3.63) is 57.6 Å². The summed E-state index contributed by atoms with van der Waals surface area (Å²) >= 11 is 3.38. The van der Waals surface area contributed by atoms with E-state index in [1.165, 1.54) is 5.56 Å². The molecule has 0 amide bonds. The smallest absolute Gasteiger partial charge is 0.347 e. The maximum atomic E-state index is 12.6. The van der Waals surface area contributed by atoms with Crippen molar-refractivity contribution in [3.63, 3.8) is 0 Å². The number of hydrogen-bond donors (Lipinski definition) is 0. The fraction of sp³-hybridized carbons (Fsp3) is 0.350. The fourth-order valence-corrected chi connectivity index (χ4v) is 2.69. The number of rotatable bonds is 4. The molecule has 0 bridgehead atoms. The molecule has 2 aromatic carbocycles. The molecule has 0 aliphatic heterocycles. The SMILES string of the molecule is CCOc1ccc(Br)cc1C(=O)Oc1ccc(C(C)(C)C)cc1C. The number of hydrogen-bond acceptors (Lipinski definition) is 3. The van der Waals surface area contributed by atoms with E-state index in [0.717, 1.165) is 10.0 Å². The minimum Gasteiger partial charge on any atom is -0.493 e. The van der Waals surface area contributed by atoms with Gasteiger partial charge in [0.1, 0.15) is 17.1 Å². The lowest BCUT2D eigenvalue weighted by molar-refractivity contribution is 0.0729. The maximum absolute atomic E-state index is 12.6. The van der Waals surface area contributed by atoms with E-state index in [0.29, 0.717) is 23.7 Å². The van der Waals surface area contributed by atoms with E-state index >= 15 is 0 Å². The molecular formula is C20H23BrO3. The monoisotopic (exact) mass is 390 g/mol. The average molecular weight is 391 g/mol. The van der Waals surface area contributed by atoms with E-state index in [2.05, 4.69) is 42.8 Å². The second kappa shape index (κ2) is 7.39. The first-order chi connectivity index (χ1) is 11.2. The Morgan fingerprint density at radius 1 is 1.08 bits per heavy atom. The van der Waals surface area contributed by atoms with Gasteiger partial charge in [-0.05, 0) is 54.7 Å². The van der Waals surface area contributed by atoms with Gasteiger partial charge in [-0.2, -0.15) is 0 Å². The van der Waals surface area contributed by atoms with Crippen LogP contribution in [0.4, 0.5) is 0 Å². The number of esters is 1. The number of aryl methyl sites for hydroxylation is 1. The first-order valence-electron chi connectivity index (χ1n) is 7.98. The Bertz CT molecular complexity index is 745. The molecule has 24 heavy (non-hydrogen) atoms. The Morgan fingerprint density at radius 2 is 1.75 bits per heavy atom. The summed E-state index contributed by atoms with van der Waals surface area (Å²) in [6, 6.07) is 11.2. The van der Waals surface area contributed by atoms with Crippen LogP contribution in [0.25, 0.3) is 0 Å². The van der Waals surface area contributed by atoms with Crippen LogP contribution < -0.4 is 9.47 Å². The van der Waals surface area contributed by atoms with E-state index in [1.54, 1.807) is 12.1 Å². The van der Waals surface area contributed by atoms with Crippen LogP contribution in [0.2, 0.25) is 0 Å². The third kappa shape index (κ3) is 4.38. The zero-order valence-corrected chi connectivity index (χ0v) is 16.4. The van der Waals surface area contributed by atoms with Crippen molar-refractivity contribution in [1.82, 2.24) is 0 Å². The summed E-state index contributed by atoms with van der Waals surface area (Å²) in [4.78, 5) is 12.6. The van der Waals surface area contributed by atoms with E-state index in [-0.39, 0.29) is 5.41 Å². The van der Waals surface area contributed by atoms with E-state index < -0.39 is 5.97 Å². The highest BCUT2D eigenvalue weighted by molar-refractivity contribution is 9.10. The predicted octanol–water partition coefficient (Wildman–Crippen LogP) is 5.67. The van der Waals surface area contributed by atoms with Crippen LogP contribution in [-0.4, -0.2) is 12.6 Å². The van der Waals surface area contributed by atoms with E-state index in [9.17, 15) is 4.79 Å². The Balaban J connectivity index is 2.29. The molecule has 4 heteroatoms. The second-order valence-corrected chi connectivity index (χ2v) is 7.61. The highest BCUT2D eigenvalue weighted by Gasteiger charge is 2.19. The fourth-order valence-electron chi connectivity index (χ4n) is 2.33. The standard InChI is InChI=1S/C20H23BrO3/c1-6-23-18-10-8-15(21)12-16(18)19(22)24-17-9-7-14(11-13(17)2)20(3,4)5/h7-12H,6H2,1-5H3. The molecular weight excluding hydrogens is 368 g/mol. The van der Waals surface area contributed by atoms with Crippen molar-refractivity contribution < 1.29 is 14.3 Å². The van der Waals surface area contributed by atoms with Crippen LogP contribution in [-0.2, 0) is 5.41 Å². The van der Waals surface area contributed by atoms with E-state index in [1.807, 2.05) is 32.0 Å². The summed E-state index contributed by atoms with van der Waals surface area (Å²) < 4.78 is 11.9. The zero-order chi connectivity index (χ0) is 17.9. The molecule has 0 aromatic heterocycles. The van der Waals surface area contributed by atoms with Gasteiger partial charge in [0, 0.05) is 4.47 Å². The first-order valence-corrected chi connectivity index (χ1v) is 8.77. The lowest BCUT2D eigenvalue weighted by Crippen LogP contribution is -2.14. The summed E-state index contributed by atoms with van der Waals surface area (Å²) in [6.45, 7) is 10.8. The minimum absolute atomic E-state index is 0.0553. The Labute approximate surface area is 152 Å². The number of carbonyl (C=O) groups excluding carboxylic acids is 1. The zero-order valence-electron chi connectivity index (χ0n) is 14.8. The molecule has 2 aromatic rings. The molecule has 3 nitrogen and oxygen atoms in total. The molecule has 0 atom stereocenters. The molecule has 0 aliphatic carbocycles. The van der Waals surface area contributed by atoms with Crippen molar-refractivity contribution in [2.75, 3.05) is 6.61 Å². The van der Waals surface area contributed by atoms with Gasteiger partial charge in [0.25, 0.3) is 0 Å². The van der Waals surface area contributed by atoms with Gasteiger partial charge >= 0.3 is 5.97 Å². The van der Waals surface area contributed by atoms with E-state index in [4.69, 9.17) is 9.47 Å². The van der Waals surface area contributed by atoms with Gasteiger partial charge in [-0.3, -0.25) is 0 Å². The molecule has 0 fully saturated rings.